The average Bonchev–Trinajstić information content (AvgIpc) is 3.14. The molecule has 1 aliphatic rings. The highest BCUT2D eigenvalue weighted by molar-refractivity contribution is 5.85. The van der Waals surface area contributed by atoms with Crippen molar-refractivity contribution in [1.29, 1.82) is 0 Å². The number of nitrogens with zero attached hydrogens (tertiary/aromatic N) is 1. The summed E-state index contributed by atoms with van der Waals surface area (Å²) in [7, 11) is 0. The summed E-state index contributed by atoms with van der Waals surface area (Å²) in [4.78, 5) is 14.7. The summed E-state index contributed by atoms with van der Waals surface area (Å²) < 4.78 is 5.52. The van der Waals surface area contributed by atoms with Crippen LogP contribution in [-0.4, -0.2) is 43.6 Å². The lowest BCUT2D eigenvalue weighted by atomic mass is 9.89. The quantitative estimate of drug-likeness (QED) is 0.658. The number of hydrogen-bond donors (Lipinski definition) is 2. The number of halogens is 1. The number of benzene rings is 2. The van der Waals surface area contributed by atoms with Crippen molar-refractivity contribution in [1.82, 2.24) is 10.2 Å². The van der Waals surface area contributed by atoms with Crippen molar-refractivity contribution in [3.8, 4) is 0 Å². The van der Waals surface area contributed by atoms with E-state index in [0.717, 1.165) is 24.2 Å². The van der Waals surface area contributed by atoms with Crippen LogP contribution in [-0.2, 0) is 22.7 Å². The zero-order valence-corrected chi connectivity index (χ0v) is 17.9. The molecule has 1 fully saturated rings. The van der Waals surface area contributed by atoms with Crippen LogP contribution in [0.15, 0.2) is 54.6 Å². The Bertz CT molecular complexity index is 757. The van der Waals surface area contributed by atoms with Crippen LogP contribution in [0.5, 0.6) is 0 Å². The van der Waals surface area contributed by atoms with E-state index in [1.54, 1.807) is 0 Å². The van der Waals surface area contributed by atoms with Crippen molar-refractivity contribution < 1.29 is 9.53 Å². The number of nitrogens with one attached hydrogen (secondary N) is 1. The smallest absolute Gasteiger partial charge is 0.234 e. The minimum atomic E-state index is 0. The van der Waals surface area contributed by atoms with E-state index in [1.165, 1.54) is 5.56 Å². The van der Waals surface area contributed by atoms with Crippen LogP contribution in [0.4, 0.5) is 0 Å². The molecule has 3 N–H and O–H groups in total. The van der Waals surface area contributed by atoms with Gasteiger partial charge in [0.25, 0.3) is 0 Å². The van der Waals surface area contributed by atoms with Gasteiger partial charge in [-0.3, -0.25) is 9.69 Å². The summed E-state index contributed by atoms with van der Waals surface area (Å²) in [6, 6.07) is 18.6. The Morgan fingerprint density at radius 3 is 2.48 bits per heavy atom. The number of carbonyl (C=O) groups is 1. The van der Waals surface area contributed by atoms with Gasteiger partial charge in [-0.25, -0.2) is 0 Å². The molecule has 2 aromatic carbocycles. The fraction of sp³-hybridized carbons (Fsp3) is 0.435. The van der Waals surface area contributed by atoms with Crippen LogP contribution >= 0.6 is 12.4 Å². The first kappa shape index (κ1) is 23.4. The van der Waals surface area contributed by atoms with Crippen molar-refractivity contribution in [3.05, 3.63) is 71.3 Å². The number of carbonyl (C=O) groups excluding carboxylic acids is 1. The van der Waals surface area contributed by atoms with E-state index < -0.39 is 0 Å². The van der Waals surface area contributed by atoms with Crippen molar-refractivity contribution in [2.75, 3.05) is 32.8 Å². The Kier molecular flexibility index (Phi) is 9.61. The summed E-state index contributed by atoms with van der Waals surface area (Å²) in [6.45, 7) is 6.56. The van der Waals surface area contributed by atoms with E-state index >= 15 is 0 Å². The van der Waals surface area contributed by atoms with Gasteiger partial charge in [0, 0.05) is 32.2 Å². The number of ether oxygens (including phenoxy) is 1. The van der Waals surface area contributed by atoms with E-state index in [1.807, 2.05) is 37.3 Å². The molecule has 0 radical (unpaired) electrons. The monoisotopic (exact) mass is 417 g/mol. The minimum Gasteiger partial charge on any atom is -0.377 e. The number of rotatable bonds is 9. The van der Waals surface area contributed by atoms with Crippen LogP contribution in [0.25, 0.3) is 0 Å². The molecule has 2 atom stereocenters. The van der Waals surface area contributed by atoms with Gasteiger partial charge in [0.05, 0.1) is 13.2 Å². The lowest BCUT2D eigenvalue weighted by molar-refractivity contribution is -0.122. The third kappa shape index (κ3) is 6.54. The van der Waals surface area contributed by atoms with Gasteiger partial charge in [0.15, 0.2) is 0 Å². The standard InChI is InChI=1S/C23H31N3O2.ClH/c1-2-28-17-20-11-7-6-10-19(20)13-25-23(27)16-26-14-21(12-24)22(15-26)18-8-4-3-5-9-18;/h3-11,21-22H,2,12-17,24H2,1H3,(H,25,27);1H/t21-,22+;/m1./s1. The highest BCUT2D eigenvalue weighted by atomic mass is 35.5. The zero-order valence-electron chi connectivity index (χ0n) is 17.0. The van der Waals surface area contributed by atoms with Gasteiger partial charge >= 0.3 is 0 Å². The lowest BCUT2D eigenvalue weighted by Gasteiger charge is -2.17. The fourth-order valence-corrected chi connectivity index (χ4v) is 3.94. The third-order valence-electron chi connectivity index (χ3n) is 5.47. The van der Waals surface area contributed by atoms with Crippen molar-refractivity contribution in [2.45, 2.75) is 26.0 Å². The highest BCUT2D eigenvalue weighted by Crippen LogP contribution is 2.31. The van der Waals surface area contributed by atoms with Crippen LogP contribution < -0.4 is 11.1 Å². The molecule has 29 heavy (non-hydrogen) atoms. The van der Waals surface area contributed by atoms with Crippen LogP contribution in [0.2, 0.25) is 0 Å². The Morgan fingerprint density at radius 2 is 1.79 bits per heavy atom. The fourth-order valence-electron chi connectivity index (χ4n) is 3.94. The molecular formula is C23H32ClN3O2. The average molecular weight is 418 g/mol. The van der Waals surface area contributed by atoms with Gasteiger partial charge in [0.1, 0.15) is 0 Å². The van der Waals surface area contributed by atoms with Gasteiger partial charge < -0.3 is 15.8 Å². The molecule has 3 rings (SSSR count). The molecule has 1 aliphatic heterocycles. The minimum absolute atomic E-state index is 0. The molecule has 2 aromatic rings. The van der Waals surface area contributed by atoms with E-state index in [4.69, 9.17) is 10.5 Å². The maximum atomic E-state index is 12.5. The van der Waals surface area contributed by atoms with Gasteiger partial charge in [-0.1, -0.05) is 54.6 Å². The molecule has 1 amide bonds. The number of amides is 1. The van der Waals surface area contributed by atoms with Crippen LogP contribution in [0.1, 0.15) is 29.5 Å². The molecule has 1 saturated heterocycles. The van der Waals surface area contributed by atoms with E-state index in [2.05, 4.69) is 34.5 Å². The summed E-state index contributed by atoms with van der Waals surface area (Å²) in [5.74, 6) is 0.837. The summed E-state index contributed by atoms with van der Waals surface area (Å²) >= 11 is 0. The molecule has 6 heteroatoms. The lowest BCUT2D eigenvalue weighted by Crippen LogP contribution is -2.36. The van der Waals surface area contributed by atoms with Gasteiger partial charge in [0.2, 0.25) is 5.91 Å². The first-order chi connectivity index (χ1) is 13.7. The Balaban J connectivity index is 0.00000300. The van der Waals surface area contributed by atoms with Gasteiger partial charge in [-0.05, 0) is 36.1 Å². The molecular weight excluding hydrogens is 386 g/mol. The van der Waals surface area contributed by atoms with E-state index in [-0.39, 0.29) is 18.3 Å². The largest absolute Gasteiger partial charge is 0.377 e. The predicted octanol–water partition coefficient (Wildman–Crippen LogP) is 2.94. The van der Waals surface area contributed by atoms with Gasteiger partial charge in [-0.2, -0.15) is 0 Å². The first-order valence-electron chi connectivity index (χ1n) is 10.1. The molecule has 0 spiro atoms. The maximum absolute atomic E-state index is 12.5. The molecule has 5 nitrogen and oxygen atoms in total. The summed E-state index contributed by atoms with van der Waals surface area (Å²) in [6.07, 6.45) is 0. The predicted molar refractivity (Wildman–Crippen MR) is 119 cm³/mol. The Labute approximate surface area is 180 Å². The summed E-state index contributed by atoms with van der Waals surface area (Å²) in [5, 5.41) is 3.06. The molecule has 0 aromatic heterocycles. The molecule has 0 saturated carbocycles. The topological polar surface area (TPSA) is 67.6 Å². The molecule has 0 aliphatic carbocycles. The zero-order chi connectivity index (χ0) is 19.8. The van der Waals surface area contributed by atoms with Crippen molar-refractivity contribution >= 4 is 18.3 Å². The van der Waals surface area contributed by atoms with Crippen molar-refractivity contribution in [2.24, 2.45) is 11.7 Å². The maximum Gasteiger partial charge on any atom is 0.234 e. The number of nitrogens with two attached hydrogens (primary N) is 1. The molecule has 1 heterocycles. The van der Waals surface area contributed by atoms with Gasteiger partial charge in [-0.15, -0.1) is 12.4 Å². The van der Waals surface area contributed by atoms with E-state index in [9.17, 15) is 4.79 Å². The van der Waals surface area contributed by atoms with Crippen molar-refractivity contribution in [3.63, 3.8) is 0 Å². The first-order valence-corrected chi connectivity index (χ1v) is 10.1. The second-order valence-corrected chi connectivity index (χ2v) is 7.39. The second kappa shape index (κ2) is 11.9. The van der Waals surface area contributed by atoms with Crippen LogP contribution in [0.3, 0.4) is 0 Å². The SMILES string of the molecule is CCOCc1ccccc1CNC(=O)CN1C[C@@H](CN)[C@H](c2ccccc2)C1.Cl. The summed E-state index contributed by atoms with van der Waals surface area (Å²) in [5.41, 5.74) is 9.55. The second-order valence-electron chi connectivity index (χ2n) is 7.39. The Morgan fingerprint density at radius 1 is 1.10 bits per heavy atom. The number of hydrogen-bond acceptors (Lipinski definition) is 4. The van der Waals surface area contributed by atoms with Crippen LogP contribution in [0, 0.1) is 5.92 Å². The highest BCUT2D eigenvalue weighted by Gasteiger charge is 2.33. The van der Waals surface area contributed by atoms with E-state index in [0.29, 0.717) is 44.7 Å². The third-order valence-corrected chi connectivity index (χ3v) is 5.47. The molecule has 0 unspecified atom stereocenters. The number of likely N-dealkylation sites (tertiary alicyclic amines) is 1. The molecule has 0 bridgehead atoms. The normalized spacial score (nSPS) is 19.0. The Hall–Kier alpha value is -1.92. The molecule has 158 valence electrons.